The van der Waals surface area contributed by atoms with Gasteiger partial charge in [-0.3, -0.25) is 0 Å². The van der Waals surface area contributed by atoms with Gasteiger partial charge >= 0.3 is 0 Å². The Hall–Kier alpha value is -1.13. The van der Waals surface area contributed by atoms with Crippen molar-refractivity contribution in [1.82, 2.24) is 9.55 Å². The molecule has 16 heavy (non-hydrogen) atoms. The Morgan fingerprint density at radius 1 is 1.44 bits per heavy atom. The molecule has 1 N–H and O–H groups in total. The van der Waals surface area contributed by atoms with E-state index >= 15 is 0 Å². The SMILES string of the molecule is CNc1cc(Cl)ccc1Sc1nccn1C. The minimum absolute atomic E-state index is 0.730. The van der Waals surface area contributed by atoms with Crippen molar-refractivity contribution in [2.45, 2.75) is 10.1 Å². The van der Waals surface area contributed by atoms with Crippen LogP contribution in [-0.2, 0) is 7.05 Å². The first-order valence-electron chi connectivity index (χ1n) is 4.83. The number of anilines is 1. The average Bonchev–Trinajstić information content (AvgIpc) is 2.67. The van der Waals surface area contributed by atoms with E-state index < -0.39 is 0 Å². The van der Waals surface area contributed by atoms with E-state index in [9.17, 15) is 0 Å². The molecule has 2 rings (SSSR count). The third-order valence-electron chi connectivity index (χ3n) is 2.19. The lowest BCUT2D eigenvalue weighted by Crippen LogP contribution is -1.93. The zero-order chi connectivity index (χ0) is 11.5. The molecule has 0 aliphatic heterocycles. The van der Waals surface area contributed by atoms with E-state index in [-0.39, 0.29) is 0 Å². The molecule has 0 spiro atoms. The Kier molecular flexibility index (Phi) is 3.41. The van der Waals surface area contributed by atoms with E-state index in [4.69, 9.17) is 11.6 Å². The van der Waals surface area contributed by atoms with Crippen LogP contribution in [0.4, 0.5) is 5.69 Å². The molecule has 5 heteroatoms. The molecule has 3 nitrogen and oxygen atoms in total. The van der Waals surface area contributed by atoms with E-state index in [1.165, 1.54) is 0 Å². The quantitative estimate of drug-likeness (QED) is 0.911. The van der Waals surface area contributed by atoms with Crippen LogP contribution < -0.4 is 5.32 Å². The van der Waals surface area contributed by atoms with Gasteiger partial charge in [-0.2, -0.15) is 0 Å². The Balaban J connectivity index is 2.31. The highest BCUT2D eigenvalue weighted by Crippen LogP contribution is 2.33. The maximum atomic E-state index is 5.94. The molecule has 2 aromatic rings. The van der Waals surface area contributed by atoms with E-state index in [1.807, 2.05) is 43.1 Å². The van der Waals surface area contributed by atoms with Crippen LogP contribution in [-0.4, -0.2) is 16.6 Å². The average molecular weight is 254 g/mol. The summed E-state index contributed by atoms with van der Waals surface area (Å²) in [6.45, 7) is 0. The van der Waals surface area contributed by atoms with Crippen LogP contribution >= 0.6 is 23.4 Å². The van der Waals surface area contributed by atoms with Gasteiger partial charge in [0.2, 0.25) is 0 Å². The van der Waals surface area contributed by atoms with Gasteiger partial charge in [0.15, 0.2) is 5.16 Å². The lowest BCUT2D eigenvalue weighted by Gasteiger charge is -2.08. The summed E-state index contributed by atoms with van der Waals surface area (Å²) in [6.07, 6.45) is 3.72. The first-order chi connectivity index (χ1) is 7.70. The molecule has 0 unspecified atom stereocenters. The van der Waals surface area contributed by atoms with Crippen molar-refractivity contribution in [2.24, 2.45) is 7.05 Å². The van der Waals surface area contributed by atoms with E-state index in [1.54, 1.807) is 18.0 Å². The normalized spacial score (nSPS) is 10.4. The molecule has 1 heterocycles. The summed E-state index contributed by atoms with van der Waals surface area (Å²) < 4.78 is 1.98. The highest BCUT2D eigenvalue weighted by Gasteiger charge is 2.07. The van der Waals surface area contributed by atoms with Gasteiger partial charge in [-0.1, -0.05) is 11.6 Å². The van der Waals surface area contributed by atoms with Gasteiger partial charge in [-0.15, -0.1) is 0 Å². The van der Waals surface area contributed by atoms with Gasteiger partial charge < -0.3 is 9.88 Å². The summed E-state index contributed by atoms with van der Waals surface area (Å²) in [7, 11) is 3.86. The third kappa shape index (κ3) is 2.33. The van der Waals surface area contributed by atoms with Gasteiger partial charge in [0, 0.05) is 42.1 Å². The summed E-state index contributed by atoms with van der Waals surface area (Å²) in [6, 6.07) is 5.79. The number of benzene rings is 1. The Bertz CT molecular complexity index is 496. The first kappa shape index (κ1) is 11.4. The lowest BCUT2D eigenvalue weighted by molar-refractivity contribution is 0.790. The Morgan fingerprint density at radius 2 is 2.25 bits per heavy atom. The van der Waals surface area contributed by atoms with E-state index in [2.05, 4.69) is 10.3 Å². The van der Waals surface area contributed by atoms with Crippen molar-refractivity contribution in [2.75, 3.05) is 12.4 Å². The molecule has 1 aromatic carbocycles. The second-order valence-corrected chi connectivity index (χ2v) is 4.76. The zero-order valence-corrected chi connectivity index (χ0v) is 10.6. The molecule has 0 atom stereocenters. The molecule has 84 valence electrons. The van der Waals surface area contributed by atoms with Crippen molar-refractivity contribution < 1.29 is 0 Å². The van der Waals surface area contributed by atoms with Crippen LogP contribution in [0.1, 0.15) is 0 Å². The minimum atomic E-state index is 0.730. The number of imidazole rings is 1. The predicted molar refractivity (Wildman–Crippen MR) is 68.3 cm³/mol. The fourth-order valence-corrected chi connectivity index (χ4v) is 2.43. The summed E-state index contributed by atoms with van der Waals surface area (Å²) >= 11 is 7.55. The Morgan fingerprint density at radius 3 is 2.88 bits per heavy atom. The summed E-state index contributed by atoms with van der Waals surface area (Å²) in [5.41, 5.74) is 1.01. The molecule has 0 aliphatic rings. The fourth-order valence-electron chi connectivity index (χ4n) is 1.34. The predicted octanol–water partition coefficient (Wildman–Crippen LogP) is 3.27. The monoisotopic (exact) mass is 253 g/mol. The van der Waals surface area contributed by atoms with Crippen molar-refractivity contribution in [3.05, 3.63) is 35.6 Å². The smallest absolute Gasteiger partial charge is 0.172 e. The van der Waals surface area contributed by atoms with Crippen molar-refractivity contribution in [3.8, 4) is 0 Å². The largest absolute Gasteiger partial charge is 0.387 e. The van der Waals surface area contributed by atoms with Crippen LogP contribution in [0.5, 0.6) is 0 Å². The van der Waals surface area contributed by atoms with Gasteiger partial charge in [-0.25, -0.2) is 4.98 Å². The Labute approximate surface area is 104 Å². The van der Waals surface area contributed by atoms with Crippen LogP contribution in [0.3, 0.4) is 0 Å². The molecule has 0 saturated carbocycles. The second kappa shape index (κ2) is 4.80. The maximum Gasteiger partial charge on any atom is 0.172 e. The minimum Gasteiger partial charge on any atom is -0.387 e. The molecule has 0 aliphatic carbocycles. The van der Waals surface area contributed by atoms with Crippen molar-refractivity contribution in [3.63, 3.8) is 0 Å². The summed E-state index contributed by atoms with van der Waals surface area (Å²) in [5, 5.41) is 4.81. The van der Waals surface area contributed by atoms with Crippen molar-refractivity contribution >= 4 is 29.1 Å². The fraction of sp³-hybridized carbons (Fsp3) is 0.182. The molecule has 0 fully saturated rings. The summed E-state index contributed by atoms with van der Waals surface area (Å²) in [5.74, 6) is 0. The highest BCUT2D eigenvalue weighted by atomic mass is 35.5. The maximum absolute atomic E-state index is 5.94. The molecule has 1 aromatic heterocycles. The van der Waals surface area contributed by atoms with Crippen LogP contribution in [0, 0.1) is 0 Å². The van der Waals surface area contributed by atoms with E-state index in [0.717, 1.165) is 20.8 Å². The number of hydrogen-bond acceptors (Lipinski definition) is 3. The molecular formula is C11H12ClN3S. The number of nitrogens with one attached hydrogen (secondary N) is 1. The highest BCUT2D eigenvalue weighted by molar-refractivity contribution is 7.99. The number of aryl methyl sites for hydroxylation is 1. The molecule has 0 radical (unpaired) electrons. The van der Waals surface area contributed by atoms with Crippen LogP contribution in [0.2, 0.25) is 5.02 Å². The third-order valence-corrected chi connectivity index (χ3v) is 3.58. The summed E-state index contributed by atoms with van der Waals surface area (Å²) in [4.78, 5) is 5.39. The van der Waals surface area contributed by atoms with Gasteiger partial charge in [0.05, 0.1) is 0 Å². The molecule has 0 bridgehead atoms. The molecule has 0 amide bonds. The number of hydrogen-bond donors (Lipinski definition) is 1. The number of aromatic nitrogens is 2. The second-order valence-electron chi connectivity index (χ2n) is 3.31. The topological polar surface area (TPSA) is 29.9 Å². The van der Waals surface area contributed by atoms with Crippen molar-refractivity contribution in [1.29, 1.82) is 0 Å². The number of rotatable bonds is 3. The zero-order valence-electron chi connectivity index (χ0n) is 9.07. The standard InChI is InChI=1S/C11H12ClN3S/c1-13-9-7-8(12)3-4-10(9)16-11-14-5-6-15(11)2/h3-7,13H,1-2H3. The molecular weight excluding hydrogens is 242 g/mol. The molecule has 0 saturated heterocycles. The first-order valence-corrected chi connectivity index (χ1v) is 6.02. The van der Waals surface area contributed by atoms with Crippen LogP contribution in [0.15, 0.2) is 40.6 Å². The number of nitrogens with zero attached hydrogens (tertiary/aromatic N) is 2. The lowest BCUT2D eigenvalue weighted by atomic mass is 10.3. The van der Waals surface area contributed by atoms with Crippen LogP contribution in [0.25, 0.3) is 0 Å². The van der Waals surface area contributed by atoms with E-state index in [0.29, 0.717) is 0 Å². The van der Waals surface area contributed by atoms with Gasteiger partial charge in [0.25, 0.3) is 0 Å². The number of halogens is 1. The van der Waals surface area contributed by atoms with Gasteiger partial charge in [0.1, 0.15) is 0 Å². The van der Waals surface area contributed by atoms with Gasteiger partial charge in [-0.05, 0) is 30.0 Å².